The van der Waals surface area contributed by atoms with Crippen molar-refractivity contribution in [2.75, 3.05) is 18.0 Å². The van der Waals surface area contributed by atoms with Crippen LogP contribution in [0.5, 0.6) is 0 Å². The predicted octanol–water partition coefficient (Wildman–Crippen LogP) is 9.06. The molecule has 2 aliphatic rings. The molecule has 1 saturated heterocycles. The summed E-state index contributed by atoms with van der Waals surface area (Å²) in [7, 11) is 0. The third-order valence-electron chi connectivity index (χ3n) is 6.94. The lowest BCUT2D eigenvalue weighted by Crippen LogP contribution is -2.32. The predicted molar refractivity (Wildman–Crippen MR) is 151 cm³/mol. The molecule has 0 bridgehead atoms. The van der Waals surface area contributed by atoms with Crippen molar-refractivity contribution >= 4 is 22.2 Å². The maximum atomic E-state index is 13.9. The molecule has 0 radical (unpaired) electrons. The Hall–Kier alpha value is -2.27. The number of aromatic nitrogens is 1. The lowest BCUT2D eigenvalue weighted by Gasteiger charge is -2.29. The van der Waals surface area contributed by atoms with Gasteiger partial charge in [-0.2, -0.15) is 0 Å². The van der Waals surface area contributed by atoms with Crippen molar-refractivity contribution < 1.29 is 4.39 Å². The topological polar surface area (TPSA) is 28.5 Å². The molecule has 2 heterocycles. The smallest absolute Gasteiger partial charge is 0.186 e. The van der Waals surface area contributed by atoms with Gasteiger partial charge < -0.3 is 4.90 Å². The van der Waals surface area contributed by atoms with Gasteiger partial charge in [-0.1, -0.05) is 88.5 Å². The van der Waals surface area contributed by atoms with Gasteiger partial charge in [-0.3, -0.25) is 4.99 Å². The van der Waals surface area contributed by atoms with Crippen molar-refractivity contribution in [3.05, 3.63) is 59.4 Å². The second-order valence-corrected chi connectivity index (χ2v) is 11.0. The molecule has 35 heavy (non-hydrogen) atoms. The Morgan fingerprint density at radius 2 is 1.91 bits per heavy atom. The third-order valence-corrected chi connectivity index (χ3v) is 8.08. The average molecular weight is 496 g/mol. The standard InChI is InChI=1S/C22H26FN3S.C8H16/c1-5-7-19(24-15(2)3)21-20(17-8-6-9-18(23)14-17)25-22(27-21)26-12-10-16(4)11-13-26;1-2-8-6-4-3-5-7-8/h5-9,14,16H,2,10-13H2,1,3-4H3;8H,2-7H2,1H3/b7-5-,24-19?;. The normalized spacial score (nSPS) is 18.0. The average Bonchev–Trinajstić information content (AvgIpc) is 3.30. The Bertz CT molecular complexity index is 1010. The van der Waals surface area contributed by atoms with Crippen molar-refractivity contribution in [1.29, 1.82) is 0 Å². The van der Waals surface area contributed by atoms with Gasteiger partial charge in [-0.05, 0) is 56.7 Å². The van der Waals surface area contributed by atoms with Crippen LogP contribution in [0.4, 0.5) is 9.52 Å². The van der Waals surface area contributed by atoms with Crippen LogP contribution >= 0.6 is 11.3 Å². The molecule has 2 fully saturated rings. The minimum atomic E-state index is -0.260. The van der Waals surface area contributed by atoms with Gasteiger partial charge in [-0.15, -0.1) is 0 Å². The van der Waals surface area contributed by atoms with E-state index in [0.29, 0.717) is 0 Å². The minimum Gasteiger partial charge on any atom is -0.348 e. The largest absolute Gasteiger partial charge is 0.348 e. The fourth-order valence-electron chi connectivity index (χ4n) is 4.77. The van der Waals surface area contributed by atoms with Gasteiger partial charge in [0.2, 0.25) is 0 Å². The molecule has 0 unspecified atom stereocenters. The number of thiazole rings is 1. The minimum absolute atomic E-state index is 0.260. The summed E-state index contributed by atoms with van der Waals surface area (Å²) in [5.74, 6) is 1.58. The highest BCUT2D eigenvalue weighted by Crippen LogP contribution is 2.36. The summed E-state index contributed by atoms with van der Waals surface area (Å²) in [6.45, 7) is 14.4. The van der Waals surface area contributed by atoms with Crippen LogP contribution in [0.2, 0.25) is 0 Å². The fourth-order valence-corrected chi connectivity index (χ4v) is 5.88. The van der Waals surface area contributed by atoms with Crippen molar-refractivity contribution in [3.63, 3.8) is 0 Å². The van der Waals surface area contributed by atoms with Crippen LogP contribution in [-0.2, 0) is 0 Å². The van der Waals surface area contributed by atoms with Crippen LogP contribution in [0, 0.1) is 17.7 Å². The highest BCUT2D eigenvalue weighted by Gasteiger charge is 2.23. The zero-order valence-corrected chi connectivity index (χ0v) is 22.8. The number of anilines is 1. The molecule has 190 valence electrons. The molecule has 0 atom stereocenters. The van der Waals surface area contributed by atoms with Crippen LogP contribution in [0.3, 0.4) is 0 Å². The number of rotatable bonds is 6. The fraction of sp³-hybridized carbons (Fsp3) is 0.533. The lowest BCUT2D eigenvalue weighted by molar-refractivity contribution is 0.349. The van der Waals surface area contributed by atoms with Gasteiger partial charge in [0.05, 0.1) is 16.3 Å². The van der Waals surface area contributed by atoms with E-state index in [1.165, 1.54) is 63.5 Å². The van der Waals surface area contributed by atoms with E-state index < -0.39 is 0 Å². The Balaban J connectivity index is 0.000000363. The molecule has 0 N–H and O–H groups in total. The first kappa shape index (κ1) is 27.3. The zero-order valence-electron chi connectivity index (χ0n) is 22.0. The highest BCUT2D eigenvalue weighted by atomic mass is 32.1. The summed E-state index contributed by atoms with van der Waals surface area (Å²) in [6, 6.07) is 6.62. The molecule has 0 amide bonds. The first-order chi connectivity index (χ1) is 16.9. The summed E-state index contributed by atoms with van der Waals surface area (Å²) in [5, 5.41) is 0.982. The van der Waals surface area contributed by atoms with E-state index in [0.717, 1.165) is 57.6 Å². The van der Waals surface area contributed by atoms with Crippen molar-refractivity contribution in [2.24, 2.45) is 16.8 Å². The van der Waals surface area contributed by atoms with Crippen LogP contribution < -0.4 is 4.90 Å². The number of nitrogens with zero attached hydrogens (tertiary/aromatic N) is 3. The molecule has 1 aromatic heterocycles. The summed E-state index contributed by atoms with van der Waals surface area (Å²) >= 11 is 1.63. The van der Waals surface area contributed by atoms with Gasteiger partial charge in [0.1, 0.15) is 5.82 Å². The Morgan fingerprint density at radius 1 is 1.20 bits per heavy atom. The molecule has 3 nitrogen and oxygen atoms in total. The summed E-state index contributed by atoms with van der Waals surface area (Å²) < 4.78 is 13.9. The van der Waals surface area contributed by atoms with Gasteiger partial charge in [0, 0.05) is 24.4 Å². The molecule has 0 spiro atoms. The van der Waals surface area contributed by atoms with Crippen LogP contribution in [0.25, 0.3) is 11.3 Å². The zero-order chi connectivity index (χ0) is 25.2. The number of piperidine rings is 1. The molecule has 2 aromatic rings. The van der Waals surface area contributed by atoms with Crippen LogP contribution in [0.1, 0.15) is 83.9 Å². The number of hydrogen-bond acceptors (Lipinski definition) is 4. The Kier molecular flexibility index (Phi) is 10.7. The molecular formula is C30H42FN3S. The molecule has 1 aromatic carbocycles. The van der Waals surface area contributed by atoms with Gasteiger partial charge in [-0.25, -0.2) is 9.37 Å². The van der Waals surface area contributed by atoms with E-state index in [4.69, 9.17) is 4.98 Å². The van der Waals surface area contributed by atoms with E-state index in [9.17, 15) is 4.39 Å². The number of allylic oxidation sites excluding steroid dienone is 3. The quantitative estimate of drug-likeness (QED) is 0.374. The molecule has 5 heteroatoms. The summed E-state index contributed by atoms with van der Waals surface area (Å²) in [4.78, 5) is 12.8. The molecule has 4 rings (SSSR count). The SMILES string of the molecule is C=C(C)N=C(/C=C\C)c1sc(N2CCC(C)CC2)nc1-c1cccc(F)c1.CCC1CCCCC1. The van der Waals surface area contributed by atoms with Gasteiger partial charge >= 0.3 is 0 Å². The Labute approximate surface area is 215 Å². The molecular weight excluding hydrogens is 453 g/mol. The number of aliphatic imine (C=N–C) groups is 1. The molecule has 1 saturated carbocycles. The van der Waals surface area contributed by atoms with Crippen LogP contribution in [-0.4, -0.2) is 23.8 Å². The van der Waals surface area contributed by atoms with Gasteiger partial charge in [0.15, 0.2) is 5.13 Å². The summed E-state index contributed by atoms with van der Waals surface area (Å²) in [5.41, 5.74) is 3.11. The van der Waals surface area contributed by atoms with E-state index in [1.54, 1.807) is 17.4 Å². The Morgan fingerprint density at radius 3 is 2.49 bits per heavy atom. The first-order valence-corrected chi connectivity index (χ1v) is 14.1. The monoisotopic (exact) mass is 495 g/mol. The van der Waals surface area contributed by atoms with Crippen molar-refractivity contribution in [2.45, 2.75) is 79.1 Å². The van der Waals surface area contributed by atoms with Crippen LogP contribution in [0.15, 0.2) is 53.7 Å². The van der Waals surface area contributed by atoms with E-state index in [1.807, 2.05) is 32.1 Å². The van der Waals surface area contributed by atoms with E-state index in [2.05, 4.69) is 30.3 Å². The maximum absolute atomic E-state index is 13.9. The third kappa shape index (κ3) is 8.13. The summed E-state index contributed by atoms with van der Waals surface area (Å²) in [6.07, 6.45) is 15.2. The van der Waals surface area contributed by atoms with E-state index >= 15 is 0 Å². The van der Waals surface area contributed by atoms with Crippen molar-refractivity contribution in [3.8, 4) is 11.3 Å². The second kappa shape index (κ2) is 13.7. The number of halogens is 1. The molecule has 1 aliphatic heterocycles. The number of hydrogen-bond donors (Lipinski definition) is 0. The first-order valence-electron chi connectivity index (χ1n) is 13.3. The maximum Gasteiger partial charge on any atom is 0.186 e. The molecule has 1 aliphatic carbocycles. The van der Waals surface area contributed by atoms with Gasteiger partial charge in [0.25, 0.3) is 0 Å². The van der Waals surface area contributed by atoms with E-state index in [-0.39, 0.29) is 5.82 Å². The second-order valence-electron chi connectivity index (χ2n) is 10.00. The van der Waals surface area contributed by atoms with Crippen molar-refractivity contribution in [1.82, 2.24) is 4.98 Å². The number of benzene rings is 1. The highest BCUT2D eigenvalue weighted by molar-refractivity contribution is 7.18. The lowest BCUT2D eigenvalue weighted by atomic mass is 9.88.